The number of benzene rings is 1. The van der Waals surface area contributed by atoms with Crippen molar-refractivity contribution in [2.24, 2.45) is 0 Å². The summed E-state index contributed by atoms with van der Waals surface area (Å²) in [6.07, 6.45) is 8.17. The van der Waals surface area contributed by atoms with Crippen LogP contribution in [0, 0.1) is 0 Å². The van der Waals surface area contributed by atoms with Crippen molar-refractivity contribution in [1.29, 1.82) is 0 Å². The quantitative estimate of drug-likeness (QED) is 0.573. The summed E-state index contributed by atoms with van der Waals surface area (Å²) in [6.45, 7) is 6.63. The van der Waals surface area contributed by atoms with Crippen LogP contribution in [0.3, 0.4) is 0 Å². The lowest BCUT2D eigenvalue weighted by atomic mass is 10.1. The Bertz CT molecular complexity index is 539. The minimum Gasteiger partial charge on any atom is -0.384 e. The Morgan fingerprint density at radius 3 is 1.50 bits per heavy atom. The molecule has 3 rings (SSSR count). The fourth-order valence-corrected chi connectivity index (χ4v) is 12.9. The van der Waals surface area contributed by atoms with E-state index in [0.29, 0.717) is 11.3 Å². The average molecular weight is 394 g/mol. The largest absolute Gasteiger partial charge is 0.384 e. The van der Waals surface area contributed by atoms with Crippen LogP contribution in [0.2, 0.25) is 0 Å². The zero-order valence-corrected chi connectivity index (χ0v) is 18.8. The van der Waals surface area contributed by atoms with Gasteiger partial charge in [-0.1, -0.05) is 54.0 Å². The number of hydrogen-bond donors (Lipinski definition) is 0. The third kappa shape index (κ3) is 4.20. The number of methoxy groups -OCH3 is 2. The number of rotatable bonds is 8. The van der Waals surface area contributed by atoms with Crippen LogP contribution in [0.1, 0.15) is 52.4 Å². The predicted octanol–water partition coefficient (Wildman–Crippen LogP) is 5.08. The molecule has 2 heterocycles. The molecule has 4 heteroatoms. The van der Waals surface area contributed by atoms with Crippen molar-refractivity contribution in [2.45, 2.75) is 75.0 Å². The molecule has 2 saturated heterocycles. The second-order valence-corrected chi connectivity index (χ2v) is 13.3. The zero-order valence-electron chi connectivity index (χ0n) is 17.0. The average Bonchev–Trinajstić information content (AvgIpc) is 3.26. The van der Waals surface area contributed by atoms with Crippen molar-refractivity contribution in [3.63, 3.8) is 0 Å². The van der Waals surface area contributed by atoms with Gasteiger partial charge in [-0.2, -0.15) is 0 Å². The van der Waals surface area contributed by atoms with Gasteiger partial charge in [0.2, 0.25) is 0 Å². The topological polar surface area (TPSA) is 18.5 Å². The summed E-state index contributed by atoms with van der Waals surface area (Å²) in [5, 5.41) is 3.45. The van der Waals surface area contributed by atoms with Gasteiger partial charge < -0.3 is 9.47 Å². The molecule has 4 atom stereocenters. The van der Waals surface area contributed by atoms with E-state index >= 15 is 0 Å². The summed E-state index contributed by atoms with van der Waals surface area (Å²) in [4.78, 5) is 0. The van der Waals surface area contributed by atoms with Gasteiger partial charge in [0, 0.05) is 25.5 Å². The fourth-order valence-electron chi connectivity index (χ4n) is 5.12. The van der Waals surface area contributed by atoms with Gasteiger partial charge in [0.05, 0.1) is 13.2 Å². The molecule has 0 N–H and O–H groups in total. The molecule has 146 valence electrons. The molecule has 2 aliphatic heterocycles. The van der Waals surface area contributed by atoms with Crippen LogP contribution < -0.4 is 10.6 Å². The van der Waals surface area contributed by atoms with E-state index in [1.165, 1.54) is 38.5 Å². The highest BCUT2D eigenvalue weighted by Crippen LogP contribution is 2.60. The summed E-state index contributed by atoms with van der Waals surface area (Å²) in [6, 6.07) is 9.53. The Morgan fingerprint density at radius 2 is 1.12 bits per heavy atom. The maximum atomic E-state index is 5.63. The van der Waals surface area contributed by atoms with Crippen LogP contribution in [-0.4, -0.2) is 50.1 Å². The van der Waals surface area contributed by atoms with Crippen LogP contribution in [-0.2, 0) is 9.47 Å². The molecule has 0 bridgehead atoms. The molecule has 0 spiro atoms. The third-order valence-electron chi connectivity index (χ3n) is 6.34. The Hall–Kier alpha value is -0.0000000000000000416. The number of ether oxygens (including phenoxy) is 2. The monoisotopic (exact) mass is 394 g/mol. The standard InChI is InChI=1S/C22H36O2P2/c1-5-17-11-12-18(6-2)25(17)21-9-7-8-10-22(21)26-19(15-23-3)13-14-20(26)16-24-4/h7-10,17-20H,5-6,11-16H2,1-4H3/t17-,18-,19+,20+/m1/s1. The van der Waals surface area contributed by atoms with Crippen molar-refractivity contribution in [1.82, 2.24) is 0 Å². The van der Waals surface area contributed by atoms with E-state index in [9.17, 15) is 0 Å². The van der Waals surface area contributed by atoms with Crippen molar-refractivity contribution < 1.29 is 9.47 Å². The Balaban J connectivity index is 1.99. The van der Waals surface area contributed by atoms with Crippen LogP contribution in [0.25, 0.3) is 0 Å². The Kier molecular flexibility index (Phi) is 7.95. The molecule has 0 aromatic heterocycles. The molecule has 2 nitrogen and oxygen atoms in total. The minimum absolute atomic E-state index is 0.0263. The first-order chi connectivity index (χ1) is 12.7. The molecule has 1 aromatic carbocycles. The summed E-state index contributed by atoms with van der Waals surface area (Å²) < 4.78 is 11.3. The maximum Gasteiger partial charge on any atom is 0.0532 e. The second kappa shape index (κ2) is 9.97. The molecule has 0 saturated carbocycles. The highest BCUT2D eigenvalue weighted by Gasteiger charge is 2.41. The van der Waals surface area contributed by atoms with Gasteiger partial charge in [0.15, 0.2) is 0 Å². The highest BCUT2D eigenvalue weighted by molar-refractivity contribution is 7.73. The van der Waals surface area contributed by atoms with E-state index in [4.69, 9.17) is 9.47 Å². The van der Waals surface area contributed by atoms with Crippen LogP contribution in [0.15, 0.2) is 24.3 Å². The predicted molar refractivity (Wildman–Crippen MR) is 118 cm³/mol. The van der Waals surface area contributed by atoms with Gasteiger partial charge >= 0.3 is 0 Å². The van der Waals surface area contributed by atoms with Crippen molar-refractivity contribution in [3.05, 3.63) is 24.3 Å². The Labute approximate surface area is 162 Å². The van der Waals surface area contributed by atoms with Crippen LogP contribution in [0.4, 0.5) is 0 Å². The van der Waals surface area contributed by atoms with E-state index in [1.807, 2.05) is 14.2 Å². The maximum absolute atomic E-state index is 5.63. The van der Waals surface area contributed by atoms with E-state index in [-0.39, 0.29) is 15.8 Å². The van der Waals surface area contributed by atoms with Gasteiger partial charge in [-0.25, -0.2) is 0 Å². The first-order valence-electron chi connectivity index (χ1n) is 10.4. The van der Waals surface area contributed by atoms with E-state index in [2.05, 4.69) is 38.1 Å². The van der Waals surface area contributed by atoms with E-state index in [0.717, 1.165) is 24.5 Å². The molecule has 0 unspecified atom stereocenters. The lowest BCUT2D eigenvalue weighted by Gasteiger charge is -2.33. The first kappa shape index (κ1) is 20.7. The summed E-state index contributed by atoms with van der Waals surface area (Å²) >= 11 is 0. The third-order valence-corrected chi connectivity index (χ3v) is 13.6. The van der Waals surface area contributed by atoms with Crippen LogP contribution >= 0.6 is 15.8 Å². The normalized spacial score (nSPS) is 30.3. The van der Waals surface area contributed by atoms with Gasteiger partial charge in [-0.15, -0.1) is 0 Å². The van der Waals surface area contributed by atoms with Gasteiger partial charge in [-0.05, 0) is 60.5 Å². The summed E-state index contributed by atoms with van der Waals surface area (Å²) in [7, 11) is 3.51. The van der Waals surface area contributed by atoms with Gasteiger partial charge in [-0.3, -0.25) is 0 Å². The highest BCUT2D eigenvalue weighted by atomic mass is 31.1. The molecular weight excluding hydrogens is 358 g/mol. The molecule has 1 aromatic rings. The lowest BCUT2D eigenvalue weighted by molar-refractivity contribution is 0.194. The lowest BCUT2D eigenvalue weighted by Crippen LogP contribution is -2.32. The second-order valence-electron chi connectivity index (χ2n) is 7.80. The summed E-state index contributed by atoms with van der Waals surface area (Å²) in [5.74, 6) is 0. The van der Waals surface area contributed by atoms with Crippen molar-refractivity contribution in [2.75, 3.05) is 27.4 Å². The summed E-state index contributed by atoms with van der Waals surface area (Å²) in [5.41, 5.74) is 3.26. The van der Waals surface area contributed by atoms with Crippen molar-refractivity contribution in [3.8, 4) is 0 Å². The molecular formula is C22H36O2P2. The minimum atomic E-state index is -0.198. The SMILES string of the molecule is CC[C@@H]1CC[C@@H](CC)P1c1ccccc1P1[C@H](COC)CC[C@H]1COC. The first-order valence-corrected chi connectivity index (χ1v) is 13.3. The zero-order chi connectivity index (χ0) is 18.5. The molecule has 0 aliphatic carbocycles. The Morgan fingerprint density at radius 1 is 0.731 bits per heavy atom. The molecule has 26 heavy (non-hydrogen) atoms. The van der Waals surface area contributed by atoms with Crippen molar-refractivity contribution >= 4 is 26.5 Å². The molecule has 0 radical (unpaired) electrons. The van der Waals surface area contributed by atoms with Gasteiger partial charge in [0.1, 0.15) is 0 Å². The number of hydrogen-bond acceptors (Lipinski definition) is 2. The fraction of sp³-hybridized carbons (Fsp3) is 0.727. The molecule has 2 aliphatic rings. The molecule has 2 fully saturated rings. The van der Waals surface area contributed by atoms with Crippen LogP contribution in [0.5, 0.6) is 0 Å². The van der Waals surface area contributed by atoms with E-state index < -0.39 is 0 Å². The van der Waals surface area contributed by atoms with Gasteiger partial charge in [0.25, 0.3) is 0 Å². The molecule has 0 amide bonds. The smallest absolute Gasteiger partial charge is 0.0532 e. The van der Waals surface area contributed by atoms with E-state index in [1.54, 1.807) is 10.6 Å².